The molecule has 0 spiro atoms. The van der Waals surface area contributed by atoms with Crippen molar-refractivity contribution in [3.05, 3.63) is 40.6 Å². The van der Waals surface area contributed by atoms with E-state index in [4.69, 9.17) is 20.8 Å². The maximum absolute atomic E-state index is 10.0. The lowest BCUT2D eigenvalue weighted by atomic mass is 10.1. The molecule has 0 radical (unpaired) electrons. The highest BCUT2D eigenvalue weighted by molar-refractivity contribution is 6.30. The van der Waals surface area contributed by atoms with Gasteiger partial charge in [-0.15, -0.1) is 0 Å². The van der Waals surface area contributed by atoms with Gasteiger partial charge in [0.15, 0.2) is 11.5 Å². The summed E-state index contributed by atoms with van der Waals surface area (Å²) in [5.74, 6) is 1.81. The van der Waals surface area contributed by atoms with E-state index in [1.165, 1.54) is 7.11 Å². The van der Waals surface area contributed by atoms with E-state index in [0.717, 1.165) is 5.76 Å². The number of phenolic OH excluding ortho intramolecular Hbond substituents is 1. The highest BCUT2D eigenvalue weighted by atomic mass is 35.5. The molecular formula is C14H17ClN2O3. The number of oxazole rings is 1. The van der Waals surface area contributed by atoms with E-state index in [9.17, 15) is 5.11 Å². The topological polar surface area (TPSA) is 67.5 Å². The average molecular weight is 297 g/mol. The molecule has 1 aromatic heterocycles. The number of hydrogen-bond donors (Lipinski definition) is 2. The van der Waals surface area contributed by atoms with Crippen molar-refractivity contribution in [2.45, 2.75) is 26.4 Å². The Hall–Kier alpha value is -1.72. The molecule has 1 aromatic carbocycles. The Balaban J connectivity index is 2.09. The summed E-state index contributed by atoms with van der Waals surface area (Å²) in [5.41, 5.74) is 0.657. The zero-order chi connectivity index (χ0) is 14.7. The number of aromatic hydroxyl groups is 1. The Kier molecular flexibility index (Phi) is 4.52. The van der Waals surface area contributed by atoms with Crippen LogP contribution in [0.3, 0.4) is 0 Å². The monoisotopic (exact) mass is 296 g/mol. The van der Waals surface area contributed by atoms with Crippen molar-refractivity contribution >= 4 is 11.6 Å². The number of benzene rings is 1. The Morgan fingerprint density at radius 3 is 2.85 bits per heavy atom. The van der Waals surface area contributed by atoms with Crippen molar-refractivity contribution in [2.24, 2.45) is 0 Å². The molecule has 0 aliphatic rings. The summed E-state index contributed by atoms with van der Waals surface area (Å²) in [4.78, 5) is 4.16. The summed E-state index contributed by atoms with van der Waals surface area (Å²) in [7, 11) is 1.49. The lowest BCUT2D eigenvalue weighted by molar-refractivity contribution is 0.366. The second-order valence-corrected chi connectivity index (χ2v) is 4.96. The summed E-state index contributed by atoms with van der Waals surface area (Å²) < 4.78 is 10.5. The van der Waals surface area contributed by atoms with Gasteiger partial charge >= 0.3 is 0 Å². The average Bonchev–Trinajstić information content (AvgIpc) is 2.85. The number of halogens is 1. The normalized spacial score (nSPS) is 12.4. The maximum Gasteiger partial charge on any atom is 0.211 e. The molecular weight excluding hydrogens is 280 g/mol. The summed E-state index contributed by atoms with van der Waals surface area (Å²) in [6, 6.07) is 3.19. The molecule has 2 rings (SSSR count). The van der Waals surface area contributed by atoms with E-state index in [-0.39, 0.29) is 11.8 Å². The smallest absolute Gasteiger partial charge is 0.211 e. The van der Waals surface area contributed by atoms with Crippen molar-refractivity contribution < 1.29 is 14.3 Å². The molecule has 20 heavy (non-hydrogen) atoms. The highest BCUT2D eigenvalue weighted by Crippen LogP contribution is 2.33. The van der Waals surface area contributed by atoms with Crippen LogP contribution in [0, 0.1) is 6.92 Å². The van der Waals surface area contributed by atoms with Crippen LogP contribution in [0.15, 0.2) is 22.7 Å². The fourth-order valence-corrected chi connectivity index (χ4v) is 2.07. The second kappa shape index (κ2) is 6.15. The minimum absolute atomic E-state index is 0.0759. The van der Waals surface area contributed by atoms with Crippen LogP contribution in [-0.4, -0.2) is 17.2 Å². The van der Waals surface area contributed by atoms with E-state index in [1.807, 2.05) is 13.8 Å². The first-order valence-corrected chi connectivity index (χ1v) is 6.60. The van der Waals surface area contributed by atoms with Crippen molar-refractivity contribution in [2.75, 3.05) is 7.11 Å². The fraction of sp³-hybridized carbons (Fsp3) is 0.357. The number of hydrogen-bond acceptors (Lipinski definition) is 5. The van der Waals surface area contributed by atoms with Gasteiger partial charge in [0.25, 0.3) is 0 Å². The second-order valence-electron chi connectivity index (χ2n) is 4.53. The molecule has 0 fully saturated rings. The van der Waals surface area contributed by atoms with Gasteiger partial charge in [-0.1, -0.05) is 11.6 Å². The van der Waals surface area contributed by atoms with Gasteiger partial charge in [-0.3, -0.25) is 0 Å². The molecule has 1 heterocycles. The molecule has 6 heteroatoms. The van der Waals surface area contributed by atoms with E-state index >= 15 is 0 Å². The van der Waals surface area contributed by atoms with Crippen LogP contribution in [0.1, 0.15) is 30.2 Å². The quantitative estimate of drug-likeness (QED) is 0.887. The Labute approximate surface area is 122 Å². The van der Waals surface area contributed by atoms with Crippen LogP contribution < -0.4 is 10.1 Å². The molecule has 1 atom stereocenters. The Morgan fingerprint density at radius 2 is 2.25 bits per heavy atom. The number of ether oxygens (including phenoxy) is 1. The molecule has 0 amide bonds. The van der Waals surface area contributed by atoms with Crippen LogP contribution in [0.2, 0.25) is 5.02 Å². The standard InChI is InChI=1S/C14H17ClN2O3/c1-8-6-17-14(20-8)9(2)16-7-10-4-11(15)5-12(19-3)13(10)18/h4-6,9,16,18H,7H2,1-3H3. The number of nitrogens with one attached hydrogen (secondary N) is 1. The predicted molar refractivity (Wildman–Crippen MR) is 76.2 cm³/mol. The zero-order valence-corrected chi connectivity index (χ0v) is 12.4. The zero-order valence-electron chi connectivity index (χ0n) is 11.6. The third-order valence-electron chi connectivity index (χ3n) is 2.95. The SMILES string of the molecule is COc1cc(Cl)cc(CNC(C)c2ncc(C)o2)c1O. The van der Waals surface area contributed by atoms with Gasteiger partial charge in [-0.2, -0.15) is 0 Å². The van der Waals surface area contributed by atoms with Gasteiger partial charge in [0, 0.05) is 23.2 Å². The Bertz CT molecular complexity index is 598. The molecule has 2 N–H and O–H groups in total. The fourth-order valence-electron chi connectivity index (χ4n) is 1.84. The molecule has 1 unspecified atom stereocenters. The number of methoxy groups -OCH3 is 1. The minimum atomic E-state index is -0.0759. The predicted octanol–water partition coefficient (Wildman–Crippen LogP) is 3.20. The van der Waals surface area contributed by atoms with Gasteiger partial charge in [0.05, 0.1) is 19.3 Å². The highest BCUT2D eigenvalue weighted by Gasteiger charge is 2.14. The first-order chi connectivity index (χ1) is 9.51. The molecule has 2 aromatic rings. The number of rotatable bonds is 5. The largest absolute Gasteiger partial charge is 0.504 e. The number of aromatic nitrogens is 1. The third kappa shape index (κ3) is 3.23. The van der Waals surface area contributed by atoms with Crippen LogP contribution in [0.4, 0.5) is 0 Å². The Morgan fingerprint density at radius 1 is 1.50 bits per heavy atom. The lowest BCUT2D eigenvalue weighted by Gasteiger charge is -2.13. The van der Waals surface area contributed by atoms with E-state index in [1.54, 1.807) is 18.3 Å². The lowest BCUT2D eigenvalue weighted by Crippen LogP contribution is -2.18. The molecule has 0 saturated heterocycles. The van der Waals surface area contributed by atoms with Crippen molar-refractivity contribution in [3.8, 4) is 11.5 Å². The van der Waals surface area contributed by atoms with Crippen LogP contribution in [0.25, 0.3) is 0 Å². The molecule has 108 valence electrons. The van der Waals surface area contributed by atoms with Gasteiger partial charge in [-0.25, -0.2) is 4.98 Å². The summed E-state index contributed by atoms with van der Waals surface area (Å²) in [6.07, 6.45) is 1.67. The third-order valence-corrected chi connectivity index (χ3v) is 3.17. The molecule has 0 aliphatic heterocycles. The number of phenols is 1. The maximum atomic E-state index is 10.0. The summed E-state index contributed by atoms with van der Waals surface area (Å²) >= 11 is 5.99. The van der Waals surface area contributed by atoms with E-state index in [0.29, 0.717) is 28.8 Å². The van der Waals surface area contributed by atoms with Crippen molar-refractivity contribution in [3.63, 3.8) is 0 Å². The molecule has 0 aliphatic carbocycles. The van der Waals surface area contributed by atoms with Crippen LogP contribution >= 0.6 is 11.6 Å². The van der Waals surface area contributed by atoms with Crippen LogP contribution in [-0.2, 0) is 6.54 Å². The molecule has 5 nitrogen and oxygen atoms in total. The van der Waals surface area contributed by atoms with Gasteiger partial charge in [0.2, 0.25) is 5.89 Å². The number of aryl methyl sites for hydroxylation is 1. The van der Waals surface area contributed by atoms with Crippen LogP contribution in [0.5, 0.6) is 11.5 Å². The summed E-state index contributed by atoms with van der Waals surface area (Å²) in [5, 5.41) is 13.8. The molecule has 0 saturated carbocycles. The van der Waals surface area contributed by atoms with E-state index in [2.05, 4.69) is 10.3 Å². The van der Waals surface area contributed by atoms with Gasteiger partial charge < -0.3 is 19.6 Å². The minimum Gasteiger partial charge on any atom is -0.504 e. The van der Waals surface area contributed by atoms with Crippen molar-refractivity contribution in [1.29, 1.82) is 0 Å². The summed E-state index contributed by atoms with van der Waals surface area (Å²) in [6.45, 7) is 4.20. The van der Waals surface area contributed by atoms with Gasteiger partial charge in [-0.05, 0) is 19.9 Å². The first-order valence-electron chi connectivity index (χ1n) is 6.22. The molecule has 0 bridgehead atoms. The van der Waals surface area contributed by atoms with Gasteiger partial charge in [0.1, 0.15) is 5.76 Å². The van der Waals surface area contributed by atoms with Crippen molar-refractivity contribution in [1.82, 2.24) is 10.3 Å². The van der Waals surface area contributed by atoms with E-state index < -0.39 is 0 Å². The first kappa shape index (κ1) is 14.7. The number of nitrogens with zero attached hydrogens (tertiary/aromatic N) is 1.